The van der Waals surface area contributed by atoms with E-state index in [1.807, 2.05) is 0 Å². The van der Waals surface area contributed by atoms with Gasteiger partial charge < -0.3 is 9.88 Å². The number of halogens is 1. The Labute approximate surface area is 104 Å². The predicted octanol–water partition coefficient (Wildman–Crippen LogP) is 3.76. The third kappa shape index (κ3) is 1.84. The maximum atomic E-state index is 3.53. The fourth-order valence-corrected chi connectivity index (χ4v) is 2.39. The van der Waals surface area contributed by atoms with Crippen LogP contribution in [-0.4, -0.2) is 11.1 Å². The van der Waals surface area contributed by atoms with Gasteiger partial charge in [0.15, 0.2) is 0 Å². The van der Waals surface area contributed by atoms with Crippen molar-refractivity contribution in [2.75, 3.05) is 11.9 Å². The normalized spacial score (nSPS) is 15.6. The maximum absolute atomic E-state index is 3.53. The summed E-state index contributed by atoms with van der Waals surface area (Å²) in [5.41, 5.74) is 1.27. The quantitative estimate of drug-likeness (QED) is 0.905. The summed E-state index contributed by atoms with van der Waals surface area (Å²) < 4.78 is 3.36. The fourth-order valence-electron chi connectivity index (χ4n) is 2.04. The molecule has 1 heterocycles. The molecule has 1 aromatic heterocycles. The van der Waals surface area contributed by atoms with Gasteiger partial charge in [0.05, 0.1) is 5.52 Å². The van der Waals surface area contributed by atoms with Gasteiger partial charge in [-0.2, -0.15) is 0 Å². The second-order valence-electron chi connectivity index (χ2n) is 4.62. The molecule has 1 aromatic carbocycles. The molecule has 0 amide bonds. The molecule has 84 valence electrons. The van der Waals surface area contributed by atoms with Crippen LogP contribution in [0.4, 0.5) is 5.82 Å². The van der Waals surface area contributed by atoms with Crippen molar-refractivity contribution >= 4 is 32.7 Å². The van der Waals surface area contributed by atoms with Gasteiger partial charge in [-0.05, 0) is 37.0 Å². The highest BCUT2D eigenvalue weighted by Crippen LogP contribution is 2.30. The first-order valence-electron chi connectivity index (χ1n) is 5.73. The average molecular weight is 279 g/mol. The molecule has 1 saturated carbocycles. The second kappa shape index (κ2) is 3.81. The summed E-state index contributed by atoms with van der Waals surface area (Å²) in [5, 5.41) is 4.83. The Bertz CT molecular complexity index is 526. The molecule has 16 heavy (non-hydrogen) atoms. The van der Waals surface area contributed by atoms with Crippen molar-refractivity contribution in [3.05, 3.63) is 28.7 Å². The van der Waals surface area contributed by atoms with E-state index in [9.17, 15) is 0 Å². The summed E-state index contributed by atoms with van der Waals surface area (Å²) in [6.07, 6.45) is 2.78. The van der Waals surface area contributed by atoms with Gasteiger partial charge in [0.1, 0.15) is 5.82 Å². The van der Waals surface area contributed by atoms with E-state index in [2.05, 4.69) is 57.1 Å². The number of hydrogen-bond acceptors (Lipinski definition) is 1. The highest BCUT2D eigenvalue weighted by molar-refractivity contribution is 9.10. The topological polar surface area (TPSA) is 17.0 Å². The van der Waals surface area contributed by atoms with E-state index in [4.69, 9.17) is 0 Å². The van der Waals surface area contributed by atoms with E-state index < -0.39 is 0 Å². The predicted molar refractivity (Wildman–Crippen MR) is 71.8 cm³/mol. The number of rotatable bonds is 3. The summed E-state index contributed by atoms with van der Waals surface area (Å²) in [5.74, 6) is 2.13. The van der Waals surface area contributed by atoms with E-state index in [1.165, 1.54) is 29.6 Å². The van der Waals surface area contributed by atoms with Crippen molar-refractivity contribution in [3.63, 3.8) is 0 Å². The first-order valence-corrected chi connectivity index (χ1v) is 6.52. The molecule has 1 N–H and O–H groups in total. The number of fused-ring (bicyclic) bond motifs is 1. The third-order valence-electron chi connectivity index (χ3n) is 3.28. The maximum Gasteiger partial charge on any atom is 0.106 e. The number of nitrogens with one attached hydrogen (secondary N) is 1. The number of hydrogen-bond donors (Lipinski definition) is 1. The smallest absolute Gasteiger partial charge is 0.106 e. The minimum Gasteiger partial charge on any atom is -0.371 e. The Kier molecular flexibility index (Phi) is 2.43. The number of anilines is 1. The van der Waals surface area contributed by atoms with Crippen LogP contribution in [0.2, 0.25) is 0 Å². The average Bonchev–Trinajstić information content (AvgIpc) is 3.04. The molecule has 1 aliphatic carbocycles. The lowest BCUT2D eigenvalue weighted by atomic mass is 10.2. The number of benzene rings is 1. The van der Waals surface area contributed by atoms with Crippen LogP contribution in [0.25, 0.3) is 10.9 Å². The van der Waals surface area contributed by atoms with Crippen LogP contribution in [0.3, 0.4) is 0 Å². The van der Waals surface area contributed by atoms with Crippen molar-refractivity contribution < 1.29 is 0 Å². The zero-order chi connectivity index (χ0) is 11.1. The van der Waals surface area contributed by atoms with Crippen LogP contribution in [0.15, 0.2) is 28.7 Å². The van der Waals surface area contributed by atoms with Gasteiger partial charge in [0, 0.05) is 23.5 Å². The molecule has 0 bridgehead atoms. The molecule has 0 unspecified atom stereocenters. The van der Waals surface area contributed by atoms with E-state index in [-0.39, 0.29) is 0 Å². The molecule has 2 nitrogen and oxygen atoms in total. The SMILES string of the molecule is Cn1c(NCC2CC2)cc2ccc(Br)cc21. The molecular formula is C13H15BrN2. The lowest BCUT2D eigenvalue weighted by molar-refractivity contribution is 0.861. The number of nitrogens with zero attached hydrogens (tertiary/aromatic N) is 1. The first-order chi connectivity index (χ1) is 7.74. The van der Waals surface area contributed by atoms with E-state index in [0.717, 1.165) is 16.9 Å². The Morgan fingerprint density at radius 3 is 2.94 bits per heavy atom. The van der Waals surface area contributed by atoms with Crippen molar-refractivity contribution in [1.82, 2.24) is 4.57 Å². The molecule has 1 fully saturated rings. The van der Waals surface area contributed by atoms with Gasteiger partial charge in [-0.25, -0.2) is 0 Å². The summed E-state index contributed by atoms with van der Waals surface area (Å²) in [6.45, 7) is 1.12. The van der Waals surface area contributed by atoms with Crippen LogP contribution in [0.5, 0.6) is 0 Å². The summed E-state index contributed by atoms with van der Waals surface area (Å²) in [6, 6.07) is 8.64. The highest BCUT2D eigenvalue weighted by Gasteiger charge is 2.21. The molecule has 0 atom stereocenters. The van der Waals surface area contributed by atoms with E-state index in [0.29, 0.717) is 0 Å². The van der Waals surface area contributed by atoms with E-state index in [1.54, 1.807) is 0 Å². The standard InChI is InChI=1S/C13H15BrN2/c1-16-12-7-11(14)5-4-10(12)6-13(16)15-8-9-2-3-9/h4-7,9,15H,2-3,8H2,1H3. The molecule has 2 aromatic rings. The molecule has 3 heteroatoms. The minimum atomic E-state index is 0.907. The summed E-state index contributed by atoms with van der Waals surface area (Å²) in [4.78, 5) is 0. The molecule has 0 aliphatic heterocycles. The Balaban J connectivity index is 1.94. The van der Waals surface area contributed by atoms with Gasteiger partial charge in [-0.15, -0.1) is 0 Å². The Morgan fingerprint density at radius 2 is 2.19 bits per heavy atom. The van der Waals surface area contributed by atoms with Crippen molar-refractivity contribution in [2.45, 2.75) is 12.8 Å². The van der Waals surface area contributed by atoms with Crippen LogP contribution in [0.1, 0.15) is 12.8 Å². The molecule has 1 aliphatic rings. The largest absolute Gasteiger partial charge is 0.371 e. The van der Waals surface area contributed by atoms with Gasteiger partial charge in [0.2, 0.25) is 0 Å². The zero-order valence-corrected chi connectivity index (χ0v) is 10.9. The van der Waals surface area contributed by atoms with Crippen molar-refractivity contribution in [2.24, 2.45) is 13.0 Å². The monoisotopic (exact) mass is 278 g/mol. The molecule has 0 saturated heterocycles. The van der Waals surface area contributed by atoms with Crippen molar-refractivity contribution in [3.8, 4) is 0 Å². The number of aromatic nitrogens is 1. The Hall–Kier alpha value is -0.960. The molecule has 3 rings (SSSR count). The first kappa shape index (κ1) is 10.2. The third-order valence-corrected chi connectivity index (χ3v) is 3.77. The van der Waals surface area contributed by atoms with Crippen LogP contribution >= 0.6 is 15.9 Å². The van der Waals surface area contributed by atoms with E-state index >= 15 is 0 Å². The summed E-state index contributed by atoms with van der Waals surface area (Å²) >= 11 is 3.51. The van der Waals surface area contributed by atoms with Crippen LogP contribution in [0, 0.1) is 5.92 Å². The van der Waals surface area contributed by atoms with Crippen molar-refractivity contribution in [1.29, 1.82) is 0 Å². The fraction of sp³-hybridized carbons (Fsp3) is 0.385. The van der Waals surface area contributed by atoms with Gasteiger partial charge >= 0.3 is 0 Å². The van der Waals surface area contributed by atoms with Gasteiger partial charge in [-0.3, -0.25) is 0 Å². The Morgan fingerprint density at radius 1 is 1.38 bits per heavy atom. The van der Waals surface area contributed by atoms with Gasteiger partial charge in [0.25, 0.3) is 0 Å². The molecular weight excluding hydrogens is 264 g/mol. The lowest BCUT2D eigenvalue weighted by Crippen LogP contribution is -2.06. The minimum absolute atomic E-state index is 0.907. The second-order valence-corrected chi connectivity index (χ2v) is 5.53. The van der Waals surface area contributed by atoms with Gasteiger partial charge in [-0.1, -0.05) is 22.0 Å². The highest BCUT2D eigenvalue weighted by atomic mass is 79.9. The zero-order valence-electron chi connectivity index (χ0n) is 9.33. The van der Waals surface area contributed by atoms with Crippen LogP contribution < -0.4 is 5.32 Å². The lowest BCUT2D eigenvalue weighted by Gasteiger charge is -2.06. The molecule has 0 spiro atoms. The summed E-state index contributed by atoms with van der Waals surface area (Å²) in [7, 11) is 2.12. The number of aryl methyl sites for hydroxylation is 1. The molecule has 0 radical (unpaired) electrons. The van der Waals surface area contributed by atoms with Crippen LogP contribution in [-0.2, 0) is 7.05 Å².